The number of fused-ring (bicyclic) bond motifs is 2. The molecule has 1 saturated heterocycles. The average Bonchev–Trinajstić information content (AvgIpc) is 2.93. The number of piperidine rings is 1. The third-order valence-corrected chi connectivity index (χ3v) is 5.32. The van der Waals surface area contributed by atoms with Crippen LogP contribution in [0, 0.1) is 0 Å². The molecule has 0 unspecified atom stereocenters. The van der Waals surface area contributed by atoms with Gasteiger partial charge < -0.3 is 15.0 Å². The highest BCUT2D eigenvalue weighted by Gasteiger charge is 2.50. The molecule has 2 aliphatic heterocycles. The molecule has 1 N–H and O–H groups in total. The lowest BCUT2D eigenvalue weighted by Crippen LogP contribution is -2.51. The molecule has 1 fully saturated rings. The van der Waals surface area contributed by atoms with Gasteiger partial charge in [0.25, 0.3) is 5.91 Å². The Morgan fingerprint density at radius 2 is 1.96 bits per heavy atom. The lowest BCUT2D eigenvalue weighted by atomic mass is 9.75. The lowest BCUT2D eigenvalue weighted by Gasteiger charge is -2.39. The monoisotopic (exact) mass is 350 g/mol. The molecule has 0 saturated carbocycles. The number of benzene rings is 2. The Hall–Kier alpha value is -2.82. The summed E-state index contributed by atoms with van der Waals surface area (Å²) in [5, 5.41) is 2.99. The Morgan fingerprint density at radius 3 is 2.81 bits per heavy atom. The van der Waals surface area contributed by atoms with Crippen molar-refractivity contribution in [2.24, 2.45) is 0 Å². The minimum absolute atomic E-state index is 0.00528. The molecule has 0 aliphatic carbocycles. The van der Waals surface area contributed by atoms with Gasteiger partial charge in [0, 0.05) is 18.8 Å². The zero-order valence-electron chi connectivity index (χ0n) is 14.8. The molecule has 2 aliphatic rings. The maximum atomic E-state index is 13.2. The number of nitrogens with zero attached hydrogens (tertiary/aromatic N) is 1. The van der Waals surface area contributed by atoms with Crippen molar-refractivity contribution < 1.29 is 14.3 Å². The molecule has 2 amide bonds. The minimum Gasteiger partial charge on any atom is -0.493 e. The van der Waals surface area contributed by atoms with E-state index in [0.29, 0.717) is 31.0 Å². The highest BCUT2D eigenvalue weighted by Crippen LogP contribution is 2.44. The number of para-hydroxylation sites is 2. The number of hydrogen-bond acceptors (Lipinski definition) is 3. The van der Waals surface area contributed by atoms with Crippen molar-refractivity contribution in [2.75, 3.05) is 25.0 Å². The van der Waals surface area contributed by atoms with E-state index in [-0.39, 0.29) is 11.8 Å². The van der Waals surface area contributed by atoms with Gasteiger partial charge in [0.15, 0.2) is 0 Å². The summed E-state index contributed by atoms with van der Waals surface area (Å²) in [4.78, 5) is 27.8. The fourth-order valence-corrected chi connectivity index (χ4v) is 4.10. The van der Waals surface area contributed by atoms with E-state index in [4.69, 9.17) is 4.74 Å². The van der Waals surface area contributed by atoms with E-state index in [1.165, 1.54) is 0 Å². The lowest BCUT2D eigenvalue weighted by molar-refractivity contribution is -0.122. The summed E-state index contributed by atoms with van der Waals surface area (Å²) in [7, 11) is 0. The Bertz CT molecular complexity index is 864. The first-order valence-corrected chi connectivity index (χ1v) is 9.08. The topological polar surface area (TPSA) is 58.6 Å². The van der Waals surface area contributed by atoms with Gasteiger partial charge >= 0.3 is 0 Å². The summed E-state index contributed by atoms with van der Waals surface area (Å²) in [5.74, 6) is 0.510. The standard InChI is InChI=1S/C21H22N2O3/c1-2-26-18-11-6-3-8-15(18)19(24)23-13-7-12-21(14-23)16-9-4-5-10-17(16)22-20(21)25/h3-6,8-11H,2,7,12-14H2,1H3,(H,22,25)/t21-/m1/s1. The molecule has 1 spiro atoms. The molecular formula is C21H22N2O3. The minimum atomic E-state index is -0.648. The molecule has 2 heterocycles. The van der Waals surface area contributed by atoms with Crippen LogP contribution >= 0.6 is 0 Å². The van der Waals surface area contributed by atoms with Crippen molar-refractivity contribution in [1.82, 2.24) is 4.90 Å². The zero-order valence-corrected chi connectivity index (χ0v) is 14.8. The molecule has 0 bridgehead atoms. The number of carbonyl (C=O) groups is 2. The summed E-state index contributed by atoms with van der Waals surface area (Å²) >= 11 is 0. The predicted molar refractivity (Wildman–Crippen MR) is 99.5 cm³/mol. The van der Waals surface area contributed by atoms with E-state index in [9.17, 15) is 9.59 Å². The Labute approximate surface area is 153 Å². The first kappa shape index (κ1) is 16.6. The van der Waals surface area contributed by atoms with Crippen molar-refractivity contribution in [3.8, 4) is 5.75 Å². The summed E-state index contributed by atoms with van der Waals surface area (Å²) in [6.07, 6.45) is 1.55. The molecule has 26 heavy (non-hydrogen) atoms. The highest BCUT2D eigenvalue weighted by molar-refractivity contribution is 6.07. The Balaban J connectivity index is 1.66. The van der Waals surface area contributed by atoms with Crippen LogP contribution in [0.4, 0.5) is 5.69 Å². The van der Waals surface area contributed by atoms with Crippen molar-refractivity contribution >= 4 is 17.5 Å². The molecule has 2 aromatic carbocycles. The average molecular weight is 350 g/mol. The highest BCUT2D eigenvalue weighted by atomic mass is 16.5. The number of amides is 2. The smallest absolute Gasteiger partial charge is 0.257 e. The fourth-order valence-electron chi connectivity index (χ4n) is 4.10. The second-order valence-corrected chi connectivity index (χ2v) is 6.84. The van der Waals surface area contributed by atoms with Crippen LogP contribution in [0.2, 0.25) is 0 Å². The quantitative estimate of drug-likeness (QED) is 0.925. The van der Waals surface area contributed by atoms with E-state index in [1.807, 2.05) is 49.4 Å². The first-order chi connectivity index (χ1) is 12.7. The maximum Gasteiger partial charge on any atom is 0.257 e. The maximum absolute atomic E-state index is 13.2. The van der Waals surface area contributed by atoms with Crippen LogP contribution in [0.1, 0.15) is 35.7 Å². The van der Waals surface area contributed by atoms with Crippen LogP contribution in [0.15, 0.2) is 48.5 Å². The predicted octanol–water partition coefficient (Wildman–Crippen LogP) is 3.21. The van der Waals surface area contributed by atoms with Crippen LogP contribution in [0.3, 0.4) is 0 Å². The van der Waals surface area contributed by atoms with Crippen molar-refractivity contribution in [3.63, 3.8) is 0 Å². The summed E-state index contributed by atoms with van der Waals surface area (Å²) in [6, 6.07) is 15.1. The molecule has 0 aromatic heterocycles. The molecular weight excluding hydrogens is 328 g/mol. The van der Waals surface area contributed by atoms with Crippen LogP contribution in [0.25, 0.3) is 0 Å². The van der Waals surface area contributed by atoms with Crippen LogP contribution < -0.4 is 10.1 Å². The number of rotatable bonds is 3. The second kappa shape index (κ2) is 6.48. The largest absolute Gasteiger partial charge is 0.493 e. The molecule has 134 valence electrons. The number of nitrogens with one attached hydrogen (secondary N) is 1. The van der Waals surface area contributed by atoms with Gasteiger partial charge in [0.1, 0.15) is 5.75 Å². The summed E-state index contributed by atoms with van der Waals surface area (Å²) < 4.78 is 5.62. The Morgan fingerprint density at radius 1 is 1.19 bits per heavy atom. The van der Waals surface area contributed by atoms with Gasteiger partial charge in [-0.05, 0) is 43.5 Å². The third-order valence-electron chi connectivity index (χ3n) is 5.32. The molecule has 1 atom stereocenters. The van der Waals surface area contributed by atoms with Crippen molar-refractivity contribution in [2.45, 2.75) is 25.2 Å². The van der Waals surface area contributed by atoms with Gasteiger partial charge in [-0.15, -0.1) is 0 Å². The summed E-state index contributed by atoms with van der Waals surface area (Å²) in [5.41, 5.74) is 1.77. The number of carbonyl (C=O) groups excluding carboxylic acids is 2. The summed E-state index contributed by atoms with van der Waals surface area (Å²) in [6.45, 7) is 3.45. The van der Waals surface area contributed by atoms with Gasteiger partial charge in [-0.25, -0.2) is 0 Å². The number of hydrogen-bond donors (Lipinski definition) is 1. The molecule has 5 nitrogen and oxygen atoms in total. The van der Waals surface area contributed by atoms with Crippen LogP contribution in [0.5, 0.6) is 5.75 Å². The normalized spacial score (nSPS) is 21.4. The number of ether oxygens (including phenoxy) is 1. The SMILES string of the molecule is CCOc1ccccc1C(=O)N1CCC[C@]2(C1)C(=O)Nc1ccccc12. The number of anilines is 1. The second-order valence-electron chi connectivity index (χ2n) is 6.84. The van der Waals surface area contributed by atoms with Crippen LogP contribution in [-0.4, -0.2) is 36.4 Å². The van der Waals surface area contributed by atoms with E-state index in [1.54, 1.807) is 11.0 Å². The number of likely N-dealkylation sites (tertiary alicyclic amines) is 1. The molecule has 4 rings (SSSR count). The molecule has 5 heteroatoms. The van der Waals surface area contributed by atoms with Gasteiger partial charge in [0.2, 0.25) is 5.91 Å². The van der Waals surface area contributed by atoms with E-state index < -0.39 is 5.41 Å². The van der Waals surface area contributed by atoms with E-state index in [0.717, 1.165) is 24.1 Å². The molecule has 2 aromatic rings. The van der Waals surface area contributed by atoms with Gasteiger partial charge in [-0.1, -0.05) is 30.3 Å². The zero-order chi connectivity index (χ0) is 18.1. The molecule has 0 radical (unpaired) electrons. The Kier molecular flexibility index (Phi) is 4.15. The first-order valence-electron chi connectivity index (χ1n) is 9.08. The van der Waals surface area contributed by atoms with Gasteiger partial charge in [-0.3, -0.25) is 9.59 Å². The third kappa shape index (κ3) is 2.55. The van der Waals surface area contributed by atoms with Gasteiger partial charge in [-0.2, -0.15) is 0 Å². The fraction of sp³-hybridized carbons (Fsp3) is 0.333. The van der Waals surface area contributed by atoms with Crippen molar-refractivity contribution in [1.29, 1.82) is 0 Å². The van der Waals surface area contributed by atoms with Gasteiger partial charge in [0.05, 0.1) is 17.6 Å². The van der Waals surface area contributed by atoms with E-state index >= 15 is 0 Å². The van der Waals surface area contributed by atoms with E-state index in [2.05, 4.69) is 5.32 Å². The van der Waals surface area contributed by atoms with Crippen molar-refractivity contribution in [3.05, 3.63) is 59.7 Å². The van der Waals surface area contributed by atoms with Crippen LogP contribution in [-0.2, 0) is 10.2 Å².